The van der Waals surface area contributed by atoms with Gasteiger partial charge in [-0.15, -0.1) is 0 Å². The first-order valence-corrected chi connectivity index (χ1v) is 15.3. The summed E-state index contributed by atoms with van der Waals surface area (Å²) in [5.41, 5.74) is 0.189. The number of hydrogen-bond donors (Lipinski definition) is 2. The van der Waals surface area contributed by atoms with E-state index in [1.807, 2.05) is 0 Å². The Morgan fingerprint density at radius 1 is 1.17 bits per heavy atom. The lowest BCUT2D eigenvalue weighted by molar-refractivity contribution is -0.137. The fraction of sp³-hybridized carbons (Fsp3) is 0.423. The zero-order valence-corrected chi connectivity index (χ0v) is 25.3. The smallest absolute Gasteiger partial charge is 0.421 e. The number of benzene rings is 1. The molecule has 4 rings (SSSR count). The SMILES string of the molecule is CCOP(=O)(Cc1ccc(Nc2ncc(C(F)(F)F)c(NC3=CC=C(Br)C4CN(C)C(=O)C34)n2)c(OC)c1)OCC. The largest absolute Gasteiger partial charge is 0.495 e. The molecule has 2 aromatic rings. The molecular formula is C26H30BrF3N5O5P. The number of methoxy groups -OCH3 is 1. The number of ether oxygens (including phenoxy) is 1. The Balaban J connectivity index is 1.63. The maximum atomic E-state index is 13.9. The molecular weight excluding hydrogens is 630 g/mol. The van der Waals surface area contributed by atoms with Crippen molar-refractivity contribution in [2.24, 2.45) is 11.8 Å². The predicted octanol–water partition coefficient (Wildman–Crippen LogP) is 6.31. The van der Waals surface area contributed by atoms with E-state index in [2.05, 4.69) is 36.5 Å². The lowest BCUT2D eigenvalue weighted by Crippen LogP contribution is -2.28. The third kappa shape index (κ3) is 6.94. The number of allylic oxidation sites excluding steroid dienone is 2. The van der Waals surface area contributed by atoms with Crippen LogP contribution in [0.15, 0.2) is 46.7 Å². The van der Waals surface area contributed by atoms with Crippen LogP contribution in [0.4, 0.5) is 30.6 Å². The molecule has 2 heterocycles. The molecule has 1 amide bonds. The highest BCUT2D eigenvalue weighted by Crippen LogP contribution is 2.52. The zero-order chi connectivity index (χ0) is 29.9. The molecule has 2 unspecified atom stereocenters. The van der Waals surface area contributed by atoms with Crippen LogP contribution < -0.4 is 15.4 Å². The standard InChI is InChI=1S/C26H30BrF3N5O5P/c1-5-39-41(37,40-6-2)14-15-7-9-19(21(11-15)38-4)33-25-31-12-17(26(28,29)30)23(34-25)32-20-10-8-18(27)16-13-35(3)24(36)22(16)20/h7-12,16,22H,5-6,13-14H2,1-4H3,(H2,31,32,33,34). The number of nitrogens with zero attached hydrogens (tertiary/aromatic N) is 3. The second kappa shape index (κ2) is 12.5. The fourth-order valence-electron chi connectivity index (χ4n) is 4.70. The van der Waals surface area contributed by atoms with Crippen LogP contribution in [0.3, 0.4) is 0 Å². The van der Waals surface area contributed by atoms with Crippen molar-refractivity contribution in [2.75, 3.05) is 44.5 Å². The molecule has 222 valence electrons. The molecule has 2 aliphatic rings. The highest BCUT2D eigenvalue weighted by Gasteiger charge is 2.44. The highest BCUT2D eigenvalue weighted by atomic mass is 79.9. The van der Waals surface area contributed by atoms with Crippen molar-refractivity contribution in [2.45, 2.75) is 26.2 Å². The molecule has 0 bridgehead atoms. The number of likely N-dealkylation sites (tertiary alicyclic amines) is 1. The van der Waals surface area contributed by atoms with Gasteiger partial charge in [0.05, 0.1) is 38.1 Å². The maximum Gasteiger partial charge on any atom is 0.421 e. The van der Waals surface area contributed by atoms with E-state index in [-0.39, 0.29) is 37.1 Å². The third-order valence-electron chi connectivity index (χ3n) is 6.52. The summed E-state index contributed by atoms with van der Waals surface area (Å²) in [6.07, 6.45) is -0.786. The number of carbonyl (C=O) groups is 1. The normalized spacial score (nSPS) is 19.0. The summed E-state index contributed by atoms with van der Waals surface area (Å²) in [6, 6.07) is 4.89. The monoisotopic (exact) mass is 659 g/mol. The number of hydrogen-bond acceptors (Lipinski definition) is 9. The van der Waals surface area contributed by atoms with E-state index in [4.69, 9.17) is 13.8 Å². The summed E-state index contributed by atoms with van der Waals surface area (Å²) in [6.45, 7) is 4.30. The first-order valence-electron chi connectivity index (χ1n) is 12.7. The first-order chi connectivity index (χ1) is 19.4. The average molecular weight is 660 g/mol. The highest BCUT2D eigenvalue weighted by molar-refractivity contribution is 9.11. The fourth-order valence-corrected chi connectivity index (χ4v) is 6.93. The van der Waals surface area contributed by atoms with Gasteiger partial charge < -0.3 is 29.3 Å². The number of nitrogens with one attached hydrogen (secondary N) is 2. The van der Waals surface area contributed by atoms with Crippen LogP contribution in [-0.2, 0) is 30.7 Å². The van der Waals surface area contributed by atoms with Crippen LogP contribution in [0.5, 0.6) is 5.75 Å². The molecule has 1 saturated heterocycles. The number of aromatic nitrogens is 2. The third-order valence-corrected chi connectivity index (χ3v) is 9.43. The summed E-state index contributed by atoms with van der Waals surface area (Å²) < 4.78 is 71.7. The molecule has 1 fully saturated rings. The van der Waals surface area contributed by atoms with Gasteiger partial charge in [-0.25, -0.2) is 4.98 Å². The Labute approximate surface area is 244 Å². The number of amides is 1. The van der Waals surface area contributed by atoms with Crippen molar-refractivity contribution in [1.82, 2.24) is 14.9 Å². The minimum atomic E-state index is -4.75. The Bertz CT molecular complexity index is 1410. The number of halogens is 4. The Hall–Kier alpha value is -2.93. The van der Waals surface area contributed by atoms with Gasteiger partial charge in [-0.3, -0.25) is 9.36 Å². The lowest BCUT2D eigenvalue weighted by atomic mass is 9.88. The molecule has 1 aliphatic carbocycles. The molecule has 10 nitrogen and oxygen atoms in total. The van der Waals surface area contributed by atoms with Gasteiger partial charge in [0.25, 0.3) is 0 Å². The van der Waals surface area contributed by atoms with Crippen molar-refractivity contribution in [3.05, 3.63) is 57.9 Å². The summed E-state index contributed by atoms with van der Waals surface area (Å²) in [5, 5.41) is 5.65. The van der Waals surface area contributed by atoms with Gasteiger partial charge in [0.1, 0.15) is 17.1 Å². The summed E-state index contributed by atoms with van der Waals surface area (Å²) in [4.78, 5) is 22.3. The van der Waals surface area contributed by atoms with E-state index in [1.54, 1.807) is 56.1 Å². The number of rotatable bonds is 11. The Morgan fingerprint density at radius 3 is 2.51 bits per heavy atom. The predicted molar refractivity (Wildman–Crippen MR) is 151 cm³/mol. The number of anilines is 3. The van der Waals surface area contributed by atoms with E-state index < -0.39 is 31.1 Å². The molecule has 1 aromatic carbocycles. The minimum Gasteiger partial charge on any atom is -0.495 e. The van der Waals surface area contributed by atoms with Crippen LogP contribution in [0.1, 0.15) is 25.0 Å². The van der Waals surface area contributed by atoms with Crippen molar-refractivity contribution < 1.29 is 36.3 Å². The lowest BCUT2D eigenvalue weighted by Gasteiger charge is -2.25. The molecule has 2 N–H and O–H groups in total. The Morgan fingerprint density at radius 2 is 1.88 bits per heavy atom. The van der Waals surface area contributed by atoms with Gasteiger partial charge in [0.15, 0.2) is 0 Å². The van der Waals surface area contributed by atoms with E-state index in [9.17, 15) is 22.5 Å². The van der Waals surface area contributed by atoms with Crippen LogP contribution in [0.2, 0.25) is 0 Å². The van der Waals surface area contributed by atoms with Crippen molar-refractivity contribution in [3.8, 4) is 5.75 Å². The van der Waals surface area contributed by atoms with E-state index in [1.165, 1.54) is 7.11 Å². The molecule has 1 aromatic heterocycles. The summed E-state index contributed by atoms with van der Waals surface area (Å²) in [5.74, 6) is -1.43. The van der Waals surface area contributed by atoms with Crippen LogP contribution in [0, 0.1) is 11.8 Å². The number of alkyl halides is 3. The number of carbonyl (C=O) groups excluding carboxylic acids is 1. The molecule has 41 heavy (non-hydrogen) atoms. The molecule has 2 atom stereocenters. The topological polar surface area (TPSA) is 115 Å². The zero-order valence-electron chi connectivity index (χ0n) is 22.8. The number of fused-ring (bicyclic) bond motifs is 1. The maximum absolute atomic E-state index is 13.9. The van der Waals surface area contributed by atoms with Crippen molar-refractivity contribution >= 4 is 46.9 Å². The minimum absolute atomic E-state index is 0.00586. The van der Waals surface area contributed by atoms with Gasteiger partial charge in [0, 0.05) is 35.9 Å². The molecule has 0 spiro atoms. The quantitative estimate of drug-likeness (QED) is 0.268. The van der Waals surface area contributed by atoms with E-state index in [0.29, 0.717) is 35.4 Å². The first kappa shape index (κ1) is 31.0. The van der Waals surface area contributed by atoms with Crippen molar-refractivity contribution in [3.63, 3.8) is 0 Å². The second-order valence-corrected chi connectivity index (χ2v) is 12.3. The van der Waals surface area contributed by atoms with Gasteiger partial charge in [-0.2, -0.15) is 18.2 Å². The van der Waals surface area contributed by atoms with Crippen LogP contribution in [0.25, 0.3) is 0 Å². The molecule has 0 radical (unpaired) electrons. The van der Waals surface area contributed by atoms with Gasteiger partial charge in [-0.1, -0.05) is 22.0 Å². The Kier molecular flexibility index (Phi) is 9.47. The summed E-state index contributed by atoms with van der Waals surface area (Å²) >= 11 is 3.46. The molecule has 1 aliphatic heterocycles. The second-order valence-electron chi connectivity index (χ2n) is 9.32. The molecule has 15 heteroatoms. The van der Waals surface area contributed by atoms with Gasteiger partial charge in [-0.05, 0) is 43.7 Å². The summed E-state index contributed by atoms with van der Waals surface area (Å²) in [7, 11) is -0.304. The van der Waals surface area contributed by atoms with Crippen LogP contribution in [-0.4, -0.2) is 54.7 Å². The van der Waals surface area contributed by atoms with E-state index >= 15 is 0 Å². The van der Waals surface area contributed by atoms with E-state index in [0.717, 1.165) is 4.48 Å². The van der Waals surface area contributed by atoms with Crippen LogP contribution >= 0.6 is 23.5 Å². The van der Waals surface area contributed by atoms with Crippen molar-refractivity contribution in [1.29, 1.82) is 0 Å². The molecule has 0 saturated carbocycles. The van der Waals surface area contributed by atoms with Gasteiger partial charge >= 0.3 is 13.8 Å². The average Bonchev–Trinajstić information content (AvgIpc) is 3.21. The van der Waals surface area contributed by atoms with Gasteiger partial charge in [0.2, 0.25) is 11.9 Å².